The van der Waals surface area contributed by atoms with Gasteiger partial charge in [-0.3, -0.25) is 5.41 Å². The van der Waals surface area contributed by atoms with Gasteiger partial charge in [-0.15, -0.1) is 0 Å². The molecule has 7 heteroatoms. The molecule has 0 aromatic heterocycles. The SMILES string of the molecule is N=C(N)c1ccc(OC2CCS(=O)(=O)C2)c(F)c1. The maximum atomic E-state index is 13.6. The van der Waals surface area contributed by atoms with Crippen LogP contribution in [-0.4, -0.2) is 31.9 Å². The average Bonchev–Trinajstić information content (AvgIpc) is 2.61. The van der Waals surface area contributed by atoms with Crippen LogP contribution >= 0.6 is 0 Å². The molecular formula is C11H13FN2O3S. The number of rotatable bonds is 3. The summed E-state index contributed by atoms with van der Waals surface area (Å²) in [6.45, 7) is 0. The van der Waals surface area contributed by atoms with Crippen LogP contribution in [0.5, 0.6) is 5.75 Å². The molecule has 1 aromatic rings. The summed E-state index contributed by atoms with van der Waals surface area (Å²) in [5, 5.41) is 7.17. The highest BCUT2D eigenvalue weighted by molar-refractivity contribution is 7.91. The van der Waals surface area contributed by atoms with Gasteiger partial charge >= 0.3 is 0 Å². The summed E-state index contributed by atoms with van der Waals surface area (Å²) < 4.78 is 41.4. The van der Waals surface area contributed by atoms with Crippen LogP contribution in [0.2, 0.25) is 0 Å². The first kappa shape index (κ1) is 12.8. The van der Waals surface area contributed by atoms with Gasteiger partial charge < -0.3 is 10.5 Å². The summed E-state index contributed by atoms with van der Waals surface area (Å²) >= 11 is 0. The van der Waals surface area contributed by atoms with E-state index in [1.54, 1.807) is 0 Å². The van der Waals surface area contributed by atoms with Gasteiger partial charge in [-0.1, -0.05) is 0 Å². The number of halogens is 1. The van der Waals surface area contributed by atoms with Crippen LogP contribution in [0.3, 0.4) is 0 Å². The molecule has 1 atom stereocenters. The minimum atomic E-state index is -3.05. The fourth-order valence-corrected chi connectivity index (χ4v) is 3.39. The van der Waals surface area contributed by atoms with Crippen molar-refractivity contribution >= 4 is 15.7 Å². The van der Waals surface area contributed by atoms with Crippen LogP contribution in [0.1, 0.15) is 12.0 Å². The maximum Gasteiger partial charge on any atom is 0.165 e. The largest absolute Gasteiger partial charge is 0.486 e. The van der Waals surface area contributed by atoms with Gasteiger partial charge in [-0.05, 0) is 24.6 Å². The fraction of sp³-hybridized carbons (Fsp3) is 0.364. The Balaban J connectivity index is 2.13. The number of ether oxygens (including phenoxy) is 1. The van der Waals surface area contributed by atoms with E-state index in [4.69, 9.17) is 15.9 Å². The highest BCUT2D eigenvalue weighted by atomic mass is 32.2. The zero-order valence-corrected chi connectivity index (χ0v) is 10.3. The standard InChI is InChI=1S/C11H13FN2O3S/c12-9-5-7(11(13)14)1-2-10(9)17-8-3-4-18(15,16)6-8/h1-2,5,8H,3-4,6H2,(H3,13,14). The second-order valence-corrected chi connectivity index (χ2v) is 6.43. The zero-order chi connectivity index (χ0) is 13.3. The van der Waals surface area contributed by atoms with Crippen LogP contribution in [-0.2, 0) is 9.84 Å². The first-order chi connectivity index (χ1) is 8.37. The lowest BCUT2D eigenvalue weighted by Crippen LogP contribution is -2.18. The van der Waals surface area contributed by atoms with Crippen molar-refractivity contribution in [3.63, 3.8) is 0 Å². The second kappa shape index (κ2) is 4.56. The van der Waals surface area contributed by atoms with Crippen LogP contribution in [0.15, 0.2) is 18.2 Å². The normalized spacial score (nSPS) is 21.7. The van der Waals surface area contributed by atoms with Crippen molar-refractivity contribution in [3.05, 3.63) is 29.6 Å². The van der Waals surface area contributed by atoms with E-state index in [-0.39, 0.29) is 28.7 Å². The van der Waals surface area contributed by atoms with Crippen molar-refractivity contribution in [1.82, 2.24) is 0 Å². The molecule has 18 heavy (non-hydrogen) atoms. The van der Waals surface area contributed by atoms with E-state index < -0.39 is 21.8 Å². The van der Waals surface area contributed by atoms with Crippen LogP contribution in [0.25, 0.3) is 0 Å². The monoisotopic (exact) mass is 272 g/mol. The van der Waals surface area contributed by atoms with Crippen molar-refractivity contribution in [2.75, 3.05) is 11.5 Å². The van der Waals surface area contributed by atoms with Gasteiger partial charge in [0.15, 0.2) is 21.4 Å². The molecule has 0 bridgehead atoms. The number of amidine groups is 1. The first-order valence-corrected chi connectivity index (χ1v) is 7.20. The molecule has 1 aliphatic heterocycles. The summed E-state index contributed by atoms with van der Waals surface area (Å²) in [6, 6.07) is 3.92. The van der Waals surface area contributed by atoms with Gasteiger partial charge in [0.05, 0.1) is 11.5 Å². The van der Waals surface area contributed by atoms with Gasteiger partial charge in [0.25, 0.3) is 0 Å². The van der Waals surface area contributed by atoms with Gasteiger partial charge in [0.1, 0.15) is 11.9 Å². The summed E-state index contributed by atoms with van der Waals surface area (Å²) in [5.41, 5.74) is 5.49. The molecular weight excluding hydrogens is 259 g/mol. The Labute approximate surface area is 104 Å². The quantitative estimate of drug-likeness (QED) is 0.625. The average molecular weight is 272 g/mol. The van der Waals surface area contributed by atoms with Crippen molar-refractivity contribution in [1.29, 1.82) is 5.41 Å². The van der Waals surface area contributed by atoms with Gasteiger partial charge in [0.2, 0.25) is 0 Å². The lowest BCUT2D eigenvalue weighted by Gasteiger charge is -2.13. The van der Waals surface area contributed by atoms with Crippen LogP contribution in [0.4, 0.5) is 4.39 Å². The Bertz CT molecular complexity index is 586. The molecule has 1 heterocycles. The van der Waals surface area contributed by atoms with Crippen LogP contribution < -0.4 is 10.5 Å². The molecule has 0 radical (unpaired) electrons. The molecule has 0 aliphatic carbocycles. The Morgan fingerprint density at radius 2 is 2.22 bits per heavy atom. The van der Waals surface area contributed by atoms with E-state index in [2.05, 4.69) is 0 Å². The number of hydrogen-bond acceptors (Lipinski definition) is 4. The number of benzene rings is 1. The molecule has 0 spiro atoms. The third kappa shape index (κ3) is 2.79. The predicted octanol–water partition coefficient (Wildman–Crippen LogP) is 0.676. The molecule has 1 saturated heterocycles. The highest BCUT2D eigenvalue weighted by Gasteiger charge is 2.29. The number of nitrogens with two attached hydrogens (primary N) is 1. The number of hydrogen-bond donors (Lipinski definition) is 2. The van der Waals surface area contributed by atoms with Gasteiger partial charge in [-0.25, -0.2) is 12.8 Å². The third-order valence-electron chi connectivity index (χ3n) is 2.73. The Kier molecular flexibility index (Phi) is 3.25. The van der Waals surface area contributed by atoms with E-state index >= 15 is 0 Å². The molecule has 2 rings (SSSR count). The summed E-state index contributed by atoms with van der Waals surface area (Å²) in [6.07, 6.45) is -0.136. The van der Waals surface area contributed by atoms with Gasteiger partial charge in [0, 0.05) is 5.56 Å². The summed E-state index contributed by atoms with van der Waals surface area (Å²) in [4.78, 5) is 0. The van der Waals surface area contributed by atoms with E-state index in [1.165, 1.54) is 12.1 Å². The topological polar surface area (TPSA) is 93.2 Å². The molecule has 3 N–H and O–H groups in total. The van der Waals surface area contributed by atoms with Crippen LogP contribution in [0, 0.1) is 11.2 Å². The molecule has 1 aliphatic rings. The predicted molar refractivity (Wildman–Crippen MR) is 65.1 cm³/mol. The van der Waals surface area contributed by atoms with E-state index in [1.807, 2.05) is 0 Å². The Hall–Kier alpha value is -1.63. The van der Waals surface area contributed by atoms with Crippen molar-refractivity contribution in [3.8, 4) is 5.75 Å². The number of sulfone groups is 1. The Morgan fingerprint density at radius 3 is 2.72 bits per heavy atom. The molecule has 1 unspecified atom stereocenters. The molecule has 0 amide bonds. The highest BCUT2D eigenvalue weighted by Crippen LogP contribution is 2.23. The fourth-order valence-electron chi connectivity index (χ4n) is 1.80. The lowest BCUT2D eigenvalue weighted by atomic mass is 10.2. The number of nitrogens with one attached hydrogen (secondary N) is 1. The minimum Gasteiger partial charge on any atom is -0.486 e. The summed E-state index contributed by atoms with van der Waals surface area (Å²) in [7, 11) is -3.05. The van der Waals surface area contributed by atoms with Gasteiger partial charge in [-0.2, -0.15) is 0 Å². The molecule has 0 saturated carbocycles. The lowest BCUT2D eigenvalue weighted by molar-refractivity contribution is 0.218. The Morgan fingerprint density at radius 1 is 1.50 bits per heavy atom. The summed E-state index contributed by atoms with van der Waals surface area (Å²) in [5.74, 6) is -0.899. The molecule has 98 valence electrons. The smallest absolute Gasteiger partial charge is 0.165 e. The molecule has 5 nitrogen and oxygen atoms in total. The second-order valence-electron chi connectivity index (χ2n) is 4.20. The zero-order valence-electron chi connectivity index (χ0n) is 9.52. The minimum absolute atomic E-state index is 0.0119. The maximum absolute atomic E-state index is 13.6. The third-order valence-corrected chi connectivity index (χ3v) is 4.46. The van der Waals surface area contributed by atoms with E-state index in [9.17, 15) is 12.8 Å². The van der Waals surface area contributed by atoms with Crippen molar-refractivity contribution in [2.45, 2.75) is 12.5 Å². The van der Waals surface area contributed by atoms with E-state index in [0.29, 0.717) is 6.42 Å². The number of nitrogen functional groups attached to an aromatic ring is 1. The molecule has 1 fully saturated rings. The molecule has 1 aromatic carbocycles. The first-order valence-electron chi connectivity index (χ1n) is 5.38. The van der Waals surface area contributed by atoms with Crippen molar-refractivity contribution in [2.24, 2.45) is 5.73 Å². The van der Waals surface area contributed by atoms with Crippen molar-refractivity contribution < 1.29 is 17.5 Å². The van der Waals surface area contributed by atoms with E-state index in [0.717, 1.165) is 6.07 Å².